The second kappa shape index (κ2) is 6.18. The molecule has 0 aliphatic carbocycles. The number of hydrogen-bond donors (Lipinski definition) is 1. The van der Waals surface area contributed by atoms with Crippen molar-refractivity contribution in [1.29, 1.82) is 0 Å². The minimum Gasteiger partial charge on any atom is -0.384 e. The number of aliphatic hydroxyl groups is 1. The monoisotopic (exact) mass is 194 g/mol. The van der Waals surface area contributed by atoms with Crippen molar-refractivity contribution in [2.75, 3.05) is 27.4 Å². The summed E-state index contributed by atoms with van der Waals surface area (Å²) < 4.78 is 24.7. The van der Waals surface area contributed by atoms with Gasteiger partial charge in [0.15, 0.2) is 0 Å². The van der Waals surface area contributed by atoms with E-state index >= 15 is 0 Å². The van der Waals surface area contributed by atoms with Crippen molar-refractivity contribution in [2.45, 2.75) is 0 Å². The Hall–Kier alpha value is -0.370. The summed E-state index contributed by atoms with van der Waals surface area (Å²) in [4.78, 5) is 0. The highest BCUT2D eigenvalue weighted by Crippen LogP contribution is 2.47. The minimum atomic E-state index is -3.41. The van der Waals surface area contributed by atoms with E-state index in [0.29, 0.717) is 0 Å². The van der Waals surface area contributed by atoms with Crippen molar-refractivity contribution < 1.29 is 23.2 Å². The van der Waals surface area contributed by atoms with Crippen molar-refractivity contribution in [3.05, 3.63) is 0 Å². The third-order valence-corrected chi connectivity index (χ3v) is 2.29. The molecule has 0 amide bonds. The zero-order valence-electron chi connectivity index (χ0n) is 6.94. The first-order chi connectivity index (χ1) is 5.68. The van der Waals surface area contributed by atoms with Crippen molar-refractivity contribution in [3.8, 4) is 11.8 Å². The predicted octanol–water partition coefficient (Wildman–Crippen LogP) is 0.400. The highest BCUT2D eigenvalue weighted by molar-refractivity contribution is 7.48. The predicted molar refractivity (Wildman–Crippen MR) is 42.4 cm³/mol. The van der Waals surface area contributed by atoms with E-state index in [1.54, 1.807) is 0 Å². The van der Waals surface area contributed by atoms with Crippen molar-refractivity contribution >= 4 is 7.82 Å². The van der Waals surface area contributed by atoms with Gasteiger partial charge in [0.2, 0.25) is 0 Å². The molecule has 6 heteroatoms. The molecule has 0 aromatic rings. The molecule has 0 aromatic carbocycles. The fraction of sp³-hybridized carbons (Fsp3) is 0.667. The molecule has 0 unspecified atom stereocenters. The lowest BCUT2D eigenvalue weighted by Crippen LogP contribution is -1.95. The van der Waals surface area contributed by atoms with Crippen LogP contribution in [-0.4, -0.2) is 32.5 Å². The molecule has 0 aromatic heterocycles. The number of hydrogen-bond acceptors (Lipinski definition) is 5. The van der Waals surface area contributed by atoms with Crippen molar-refractivity contribution in [2.24, 2.45) is 0 Å². The van der Waals surface area contributed by atoms with Gasteiger partial charge in [0, 0.05) is 14.2 Å². The zero-order chi connectivity index (χ0) is 9.45. The summed E-state index contributed by atoms with van der Waals surface area (Å²) in [5.41, 5.74) is 0. The topological polar surface area (TPSA) is 65.0 Å². The summed E-state index contributed by atoms with van der Waals surface area (Å²) in [5.74, 6) is 4.72. The Kier molecular flexibility index (Phi) is 5.99. The number of phosphoric acid groups is 1. The van der Waals surface area contributed by atoms with Gasteiger partial charge < -0.3 is 5.11 Å². The van der Waals surface area contributed by atoms with Gasteiger partial charge in [-0.25, -0.2) is 4.57 Å². The van der Waals surface area contributed by atoms with Crippen LogP contribution in [0.25, 0.3) is 0 Å². The standard InChI is InChI=1S/C6H11O5P/c1-9-12(8,10-2)11-6-4-3-5-7/h7H,5-6H2,1-2H3. The van der Waals surface area contributed by atoms with E-state index in [-0.39, 0.29) is 13.2 Å². The van der Waals surface area contributed by atoms with Crippen LogP contribution in [0.4, 0.5) is 0 Å². The summed E-state index contributed by atoms with van der Waals surface area (Å²) in [6.45, 7) is -0.354. The highest BCUT2D eigenvalue weighted by atomic mass is 31.2. The molecule has 0 spiro atoms. The fourth-order valence-electron chi connectivity index (χ4n) is 0.398. The van der Waals surface area contributed by atoms with Crippen LogP contribution >= 0.6 is 7.82 Å². The summed E-state index contributed by atoms with van der Waals surface area (Å²) in [6.07, 6.45) is 0. The van der Waals surface area contributed by atoms with E-state index in [2.05, 4.69) is 25.4 Å². The Morgan fingerprint density at radius 2 is 1.92 bits per heavy atom. The van der Waals surface area contributed by atoms with E-state index in [0.717, 1.165) is 0 Å². The average Bonchev–Trinajstić information content (AvgIpc) is 2.12. The van der Waals surface area contributed by atoms with Crippen LogP contribution in [0.3, 0.4) is 0 Å². The number of aliphatic hydroxyl groups excluding tert-OH is 1. The molecule has 5 nitrogen and oxygen atoms in total. The Balaban J connectivity index is 3.82. The first-order valence-corrected chi connectivity index (χ1v) is 4.57. The summed E-state index contributed by atoms with van der Waals surface area (Å²) in [5, 5.41) is 8.25. The lowest BCUT2D eigenvalue weighted by molar-refractivity contribution is 0.166. The van der Waals surface area contributed by atoms with E-state index in [9.17, 15) is 4.57 Å². The number of phosphoric ester groups is 1. The quantitative estimate of drug-likeness (QED) is 0.518. The summed E-state index contributed by atoms with van der Waals surface area (Å²) in [6, 6.07) is 0. The Bertz CT molecular complexity index is 208. The van der Waals surface area contributed by atoms with Crippen LogP contribution in [0.1, 0.15) is 0 Å². The second-order valence-electron chi connectivity index (χ2n) is 1.60. The largest absolute Gasteiger partial charge is 0.475 e. The van der Waals surface area contributed by atoms with Crippen LogP contribution in [0, 0.1) is 11.8 Å². The van der Waals surface area contributed by atoms with E-state index in [1.165, 1.54) is 14.2 Å². The maximum absolute atomic E-state index is 11.1. The van der Waals surface area contributed by atoms with Crippen LogP contribution in [0.15, 0.2) is 0 Å². The lowest BCUT2D eigenvalue weighted by Gasteiger charge is -2.10. The Morgan fingerprint density at radius 1 is 1.33 bits per heavy atom. The molecule has 0 atom stereocenters. The van der Waals surface area contributed by atoms with E-state index in [1.807, 2.05) is 0 Å². The first-order valence-electron chi connectivity index (χ1n) is 3.11. The van der Waals surface area contributed by atoms with Gasteiger partial charge in [0.1, 0.15) is 13.2 Å². The molecule has 12 heavy (non-hydrogen) atoms. The molecule has 0 bridgehead atoms. The first kappa shape index (κ1) is 11.6. The normalized spacial score (nSPS) is 10.6. The lowest BCUT2D eigenvalue weighted by atomic mass is 10.6. The van der Waals surface area contributed by atoms with E-state index in [4.69, 9.17) is 5.11 Å². The van der Waals surface area contributed by atoms with Crippen molar-refractivity contribution in [1.82, 2.24) is 0 Å². The molecule has 0 saturated heterocycles. The minimum absolute atomic E-state index is 0.0977. The maximum atomic E-state index is 11.1. The SMILES string of the molecule is COP(=O)(OC)OCC#CCO. The third-order valence-electron chi connectivity index (χ3n) is 0.946. The van der Waals surface area contributed by atoms with Crippen LogP contribution < -0.4 is 0 Å². The molecule has 0 aliphatic heterocycles. The molecule has 0 radical (unpaired) electrons. The van der Waals surface area contributed by atoms with Gasteiger partial charge >= 0.3 is 7.82 Å². The summed E-state index contributed by atoms with van der Waals surface area (Å²) in [7, 11) is -0.981. The third kappa shape index (κ3) is 4.50. The molecular formula is C6H11O5P. The van der Waals surface area contributed by atoms with Gasteiger partial charge in [-0.1, -0.05) is 11.8 Å². The van der Waals surface area contributed by atoms with Crippen molar-refractivity contribution in [3.63, 3.8) is 0 Å². The van der Waals surface area contributed by atoms with Gasteiger partial charge in [-0.05, 0) is 0 Å². The zero-order valence-corrected chi connectivity index (χ0v) is 7.84. The van der Waals surface area contributed by atoms with E-state index < -0.39 is 7.82 Å². The van der Waals surface area contributed by atoms with Crippen LogP contribution in [-0.2, 0) is 18.1 Å². The summed E-state index contributed by atoms with van der Waals surface area (Å²) >= 11 is 0. The molecule has 0 aliphatic rings. The molecular weight excluding hydrogens is 183 g/mol. The van der Waals surface area contributed by atoms with Gasteiger partial charge in [0.25, 0.3) is 0 Å². The van der Waals surface area contributed by atoms with Crippen LogP contribution in [0.5, 0.6) is 0 Å². The molecule has 0 rings (SSSR count). The van der Waals surface area contributed by atoms with Gasteiger partial charge in [-0.15, -0.1) is 0 Å². The molecule has 70 valence electrons. The van der Waals surface area contributed by atoms with Crippen LogP contribution in [0.2, 0.25) is 0 Å². The molecule has 1 N–H and O–H groups in total. The Morgan fingerprint density at radius 3 is 2.33 bits per heavy atom. The smallest absolute Gasteiger partial charge is 0.384 e. The Labute approximate surface area is 71.2 Å². The number of rotatable bonds is 4. The highest BCUT2D eigenvalue weighted by Gasteiger charge is 2.21. The molecule has 0 heterocycles. The second-order valence-corrected chi connectivity index (χ2v) is 3.48. The van der Waals surface area contributed by atoms with Gasteiger partial charge in [-0.2, -0.15) is 0 Å². The van der Waals surface area contributed by atoms with Gasteiger partial charge in [-0.3, -0.25) is 13.6 Å². The average molecular weight is 194 g/mol. The maximum Gasteiger partial charge on any atom is 0.475 e. The molecule has 0 fully saturated rings. The molecule has 0 saturated carbocycles. The fourth-order valence-corrected chi connectivity index (χ4v) is 0.981. The van der Waals surface area contributed by atoms with Gasteiger partial charge in [0.05, 0.1) is 0 Å².